The van der Waals surface area contributed by atoms with Gasteiger partial charge in [0.15, 0.2) is 0 Å². The SMILES string of the molecule is CCC1(C)CCOC(C)(C)N1. The smallest absolute Gasteiger partial charge is 0.113 e. The fourth-order valence-electron chi connectivity index (χ4n) is 1.62. The minimum Gasteiger partial charge on any atom is -0.361 e. The molecule has 0 aromatic heterocycles. The fraction of sp³-hybridized carbons (Fsp3) is 1.00. The maximum atomic E-state index is 5.55. The highest BCUT2D eigenvalue weighted by molar-refractivity contribution is 4.89. The number of ether oxygens (including phenoxy) is 1. The third kappa shape index (κ3) is 2.17. The second-order valence-corrected chi connectivity index (χ2v) is 4.15. The first-order chi connectivity index (χ1) is 4.97. The number of hydrogen-bond donors (Lipinski definition) is 1. The molecular formula is C9H19NO. The van der Waals surface area contributed by atoms with Crippen molar-refractivity contribution in [3.05, 3.63) is 0 Å². The van der Waals surface area contributed by atoms with Gasteiger partial charge in [-0.3, -0.25) is 5.32 Å². The highest BCUT2D eigenvalue weighted by Gasteiger charge is 2.34. The maximum Gasteiger partial charge on any atom is 0.113 e. The summed E-state index contributed by atoms with van der Waals surface area (Å²) in [7, 11) is 0. The summed E-state index contributed by atoms with van der Waals surface area (Å²) >= 11 is 0. The summed E-state index contributed by atoms with van der Waals surface area (Å²) in [6.45, 7) is 9.52. The first-order valence-corrected chi connectivity index (χ1v) is 4.41. The van der Waals surface area contributed by atoms with E-state index in [2.05, 4.69) is 33.0 Å². The van der Waals surface area contributed by atoms with Crippen LogP contribution >= 0.6 is 0 Å². The van der Waals surface area contributed by atoms with Crippen LogP contribution in [0.4, 0.5) is 0 Å². The van der Waals surface area contributed by atoms with Gasteiger partial charge in [-0.05, 0) is 33.6 Å². The molecule has 0 bridgehead atoms. The van der Waals surface area contributed by atoms with E-state index >= 15 is 0 Å². The average molecular weight is 157 g/mol. The van der Waals surface area contributed by atoms with Gasteiger partial charge in [0.2, 0.25) is 0 Å². The van der Waals surface area contributed by atoms with Gasteiger partial charge in [-0.1, -0.05) is 6.92 Å². The molecule has 1 saturated heterocycles. The molecule has 0 aliphatic carbocycles. The second-order valence-electron chi connectivity index (χ2n) is 4.15. The molecule has 1 unspecified atom stereocenters. The average Bonchev–Trinajstić information content (AvgIpc) is 1.85. The molecule has 1 aliphatic heterocycles. The second kappa shape index (κ2) is 2.76. The standard InChI is InChI=1S/C9H19NO/c1-5-9(4)6-7-11-8(2,3)10-9/h10H,5-7H2,1-4H3. The molecule has 0 radical (unpaired) electrons. The zero-order valence-electron chi connectivity index (χ0n) is 8.03. The van der Waals surface area contributed by atoms with E-state index in [1.54, 1.807) is 0 Å². The zero-order valence-corrected chi connectivity index (χ0v) is 8.03. The minimum atomic E-state index is -0.136. The molecule has 1 aliphatic rings. The van der Waals surface area contributed by atoms with E-state index in [9.17, 15) is 0 Å². The van der Waals surface area contributed by atoms with Gasteiger partial charge in [-0.25, -0.2) is 0 Å². The molecule has 2 nitrogen and oxygen atoms in total. The summed E-state index contributed by atoms with van der Waals surface area (Å²) in [6, 6.07) is 0. The molecule has 2 heteroatoms. The third-order valence-corrected chi connectivity index (χ3v) is 2.50. The Labute approximate surface area is 69.3 Å². The number of rotatable bonds is 1. The van der Waals surface area contributed by atoms with E-state index < -0.39 is 0 Å². The van der Waals surface area contributed by atoms with Gasteiger partial charge in [-0.2, -0.15) is 0 Å². The number of nitrogens with one attached hydrogen (secondary N) is 1. The van der Waals surface area contributed by atoms with Crippen LogP contribution in [-0.4, -0.2) is 17.9 Å². The van der Waals surface area contributed by atoms with Crippen molar-refractivity contribution in [3.63, 3.8) is 0 Å². The molecule has 1 N–H and O–H groups in total. The first kappa shape index (κ1) is 9.01. The summed E-state index contributed by atoms with van der Waals surface area (Å²) < 4.78 is 5.55. The zero-order chi connectivity index (χ0) is 8.54. The normalized spacial score (nSPS) is 37.1. The molecule has 1 fully saturated rings. The molecule has 1 heterocycles. The Balaban J connectivity index is 2.59. The lowest BCUT2D eigenvalue weighted by Crippen LogP contribution is -2.59. The molecule has 1 atom stereocenters. The van der Waals surface area contributed by atoms with Crippen LogP contribution in [-0.2, 0) is 4.74 Å². The van der Waals surface area contributed by atoms with Crippen molar-refractivity contribution in [2.45, 2.75) is 51.8 Å². The van der Waals surface area contributed by atoms with Gasteiger partial charge in [0.05, 0.1) is 6.61 Å². The molecular weight excluding hydrogens is 138 g/mol. The topological polar surface area (TPSA) is 21.3 Å². The summed E-state index contributed by atoms with van der Waals surface area (Å²) in [4.78, 5) is 0. The highest BCUT2D eigenvalue weighted by atomic mass is 16.5. The minimum absolute atomic E-state index is 0.136. The molecule has 0 spiro atoms. The largest absolute Gasteiger partial charge is 0.361 e. The van der Waals surface area contributed by atoms with Crippen LogP contribution in [0.15, 0.2) is 0 Å². The lowest BCUT2D eigenvalue weighted by molar-refractivity contribution is -0.106. The Morgan fingerprint density at radius 2 is 2.00 bits per heavy atom. The highest BCUT2D eigenvalue weighted by Crippen LogP contribution is 2.24. The Hall–Kier alpha value is -0.0800. The molecule has 0 amide bonds. The lowest BCUT2D eigenvalue weighted by atomic mass is 9.92. The van der Waals surface area contributed by atoms with Crippen LogP contribution in [0.1, 0.15) is 40.5 Å². The van der Waals surface area contributed by atoms with Crippen LogP contribution < -0.4 is 5.32 Å². The Bertz CT molecular complexity index is 144. The predicted octanol–water partition coefficient (Wildman–Crippen LogP) is 1.90. The van der Waals surface area contributed by atoms with Crippen molar-refractivity contribution in [2.24, 2.45) is 0 Å². The summed E-state index contributed by atoms with van der Waals surface area (Å²) in [5, 5.41) is 3.50. The quantitative estimate of drug-likeness (QED) is 0.627. The molecule has 0 saturated carbocycles. The van der Waals surface area contributed by atoms with Gasteiger partial charge >= 0.3 is 0 Å². The van der Waals surface area contributed by atoms with Crippen LogP contribution in [0.3, 0.4) is 0 Å². The van der Waals surface area contributed by atoms with Gasteiger partial charge in [0.1, 0.15) is 5.72 Å². The van der Waals surface area contributed by atoms with E-state index in [0.717, 1.165) is 13.0 Å². The van der Waals surface area contributed by atoms with E-state index in [-0.39, 0.29) is 11.3 Å². The molecule has 1 rings (SSSR count). The van der Waals surface area contributed by atoms with E-state index in [4.69, 9.17) is 4.74 Å². The van der Waals surface area contributed by atoms with Gasteiger partial charge in [0.25, 0.3) is 0 Å². The van der Waals surface area contributed by atoms with Crippen molar-refractivity contribution in [1.29, 1.82) is 0 Å². The van der Waals surface area contributed by atoms with Gasteiger partial charge in [-0.15, -0.1) is 0 Å². The van der Waals surface area contributed by atoms with Crippen molar-refractivity contribution < 1.29 is 4.74 Å². The summed E-state index contributed by atoms with van der Waals surface area (Å²) in [5.41, 5.74) is 0.144. The van der Waals surface area contributed by atoms with E-state index in [0.29, 0.717) is 0 Å². The lowest BCUT2D eigenvalue weighted by Gasteiger charge is -2.44. The van der Waals surface area contributed by atoms with E-state index in [1.807, 2.05) is 0 Å². The summed E-state index contributed by atoms with van der Waals surface area (Å²) in [6.07, 6.45) is 2.28. The van der Waals surface area contributed by atoms with Crippen LogP contribution in [0.25, 0.3) is 0 Å². The van der Waals surface area contributed by atoms with Crippen LogP contribution in [0.5, 0.6) is 0 Å². The fourth-order valence-corrected chi connectivity index (χ4v) is 1.62. The Morgan fingerprint density at radius 1 is 1.36 bits per heavy atom. The van der Waals surface area contributed by atoms with Gasteiger partial charge < -0.3 is 4.74 Å². The molecule has 11 heavy (non-hydrogen) atoms. The monoisotopic (exact) mass is 157 g/mol. The number of hydrogen-bond acceptors (Lipinski definition) is 2. The summed E-state index contributed by atoms with van der Waals surface area (Å²) in [5.74, 6) is 0. The van der Waals surface area contributed by atoms with Crippen LogP contribution in [0.2, 0.25) is 0 Å². The molecule has 66 valence electrons. The Morgan fingerprint density at radius 3 is 2.36 bits per heavy atom. The van der Waals surface area contributed by atoms with Crippen molar-refractivity contribution in [2.75, 3.05) is 6.61 Å². The molecule has 0 aromatic carbocycles. The van der Waals surface area contributed by atoms with Crippen molar-refractivity contribution >= 4 is 0 Å². The Kier molecular flexibility index (Phi) is 2.26. The first-order valence-electron chi connectivity index (χ1n) is 4.41. The van der Waals surface area contributed by atoms with Gasteiger partial charge in [0, 0.05) is 5.54 Å². The van der Waals surface area contributed by atoms with Crippen molar-refractivity contribution in [1.82, 2.24) is 5.32 Å². The van der Waals surface area contributed by atoms with Crippen molar-refractivity contribution in [3.8, 4) is 0 Å². The maximum absolute atomic E-state index is 5.55. The molecule has 0 aromatic rings. The predicted molar refractivity (Wildman–Crippen MR) is 46.5 cm³/mol. The van der Waals surface area contributed by atoms with Crippen LogP contribution in [0, 0.1) is 0 Å². The van der Waals surface area contributed by atoms with E-state index in [1.165, 1.54) is 6.42 Å². The third-order valence-electron chi connectivity index (χ3n) is 2.50.